The van der Waals surface area contributed by atoms with Gasteiger partial charge in [-0.3, -0.25) is 14.9 Å². The van der Waals surface area contributed by atoms with E-state index in [2.05, 4.69) is 15.5 Å². The normalized spacial score (nSPS) is 19.2. The van der Waals surface area contributed by atoms with Crippen molar-refractivity contribution in [1.29, 1.82) is 0 Å². The Morgan fingerprint density at radius 3 is 2.46 bits per heavy atom. The average Bonchev–Trinajstić information content (AvgIpc) is 3.42. The second-order valence-corrected chi connectivity index (χ2v) is 8.14. The van der Waals surface area contributed by atoms with E-state index in [4.69, 9.17) is 0 Å². The molecule has 6 nitrogen and oxygen atoms in total. The van der Waals surface area contributed by atoms with Crippen molar-refractivity contribution >= 4 is 28.3 Å². The molecule has 7 heteroatoms. The molecule has 2 amide bonds. The number of amides is 2. The molecular weight excluding hydrogens is 348 g/mol. The maximum atomic E-state index is 13.3. The van der Waals surface area contributed by atoms with Gasteiger partial charge in [0.2, 0.25) is 16.9 Å². The highest BCUT2D eigenvalue weighted by Gasteiger charge is 2.43. The molecule has 2 aromatic rings. The molecule has 136 valence electrons. The number of hydrogen-bond acceptors (Lipinski definition) is 5. The van der Waals surface area contributed by atoms with Gasteiger partial charge in [0, 0.05) is 25.9 Å². The zero-order valence-electron chi connectivity index (χ0n) is 14.8. The highest BCUT2D eigenvalue weighted by Crippen LogP contribution is 2.42. The third kappa shape index (κ3) is 3.23. The predicted molar refractivity (Wildman–Crippen MR) is 100 cm³/mol. The smallest absolute Gasteiger partial charge is 0.236 e. The fraction of sp³-hybridized carbons (Fsp3) is 0.474. The zero-order valence-corrected chi connectivity index (χ0v) is 15.6. The van der Waals surface area contributed by atoms with Gasteiger partial charge in [-0.1, -0.05) is 41.7 Å². The van der Waals surface area contributed by atoms with Gasteiger partial charge >= 0.3 is 0 Å². The van der Waals surface area contributed by atoms with Gasteiger partial charge in [0.15, 0.2) is 0 Å². The molecule has 1 aromatic carbocycles. The fourth-order valence-electron chi connectivity index (χ4n) is 3.60. The van der Waals surface area contributed by atoms with E-state index in [-0.39, 0.29) is 11.8 Å². The van der Waals surface area contributed by atoms with E-state index in [1.807, 2.05) is 35.2 Å². The second kappa shape index (κ2) is 6.79. The van der Waals surface area contributed by atoms with Crippen LogP contribution in [0.15, 0.2) is 30.3 Å². The Hall–Kier alpha value is -2.28. The first kappa shape index (κ1) is 17.1. The summed E-state index contributed by atoms with van der Waals surface area (Å²) in [5.41, 5.74) is 0.353. The average molecular weight is 370 g/mol. The van der Waals surface area contributed by atoms with Crippen molar-refractivity contribution in [2.45, 2.75) is 43.9 Å². The van der Waals surface area contributed by atoms with Crippen LogP contribution in [-0.2, 0) is 15.0 Å². The molecule has 1 N–H and O–H groups in total. The minimum atomic E-state index is -0.640. The Morgan fingerprint density at radius 1 is 1.15 bits per heavy atom. The Balaban J connectivity index is 1.58. The Morgan fingerprint density at radius 2 is 1.85 bits per heavy atom. The molecule has 2 fully saturated rings. The number of nitrogens with one attached hydrogen (secondary N) is 1. The van der Waals surface area contributed by atoms with Crippen molar-refractivity contribution in [2.24, 2.45) is 0 Å². The van der Waals surface area contributed by atoms with Crippen LogP contribution in [0.5, 0.6) is 0 Å². The second-order valence-electron chi connectivity index (χ2n) is 7.13. The first-order valence-corrected chi connectivity index (χ1v) is 9.86. The summed E-state index contributed by atoms with van der Waals surface area (Å²) in [4.78, 5) is 26.8. The molecule has 2 heterocycles. The van der Waals surface area contributed by atoms with Crippen LogP contribution in [0.1, 0.15) is 49.1 Å². The molecule has 26 heavy (non-hydrogen) atoms. The summed E-state index contributed by atoms with van der Waals surface area (Å²) in [6, 6.07) is 9.86. The van der Waals surface area contributed by atoms with E-state index >= 15 is 0 Å². The number of piperidine rings is 1. The fourth-order valence-corrected chi connectivity index (χ4v) is 4.51. The lowest BCUT2D eigenvalue weighted by Crippen LogP contribution is -2.50. The number of benzene rings is 1. The lowest BCUT2D eigenvalue weighted by molar-refractivity contribution is -0.133. The number of hydrogen-bond donors (Lipinski definition) is 1. The number of rotatable bonds is 4. The van der Waals surface area contributed by atoms with Gasteiger partial charge in [-0.15, -0.1) is 10.2 Å². The Bertz CT molecular complexity index is 808. The van der Waals surface area contributed by atoms with Crippen molar-refractivity contribution in [2.75, 3.05) is 18.4 Å². The summed E-state index contributed by atoms with van der Waals surface area (Å²) in [6.45, 7) is 2.75. The van der Waals surface area contributed by atoms with Crippen LogP contribution in [0.2, 0.25) is 0 Å². The van der Waals surface area contributed by atoms with Crippen molar-refractivity contribution < 1.29 is 9.59 Å². The molecule has 4 rings (SSSR count). The van der Waals surface area contributed by atoms with Gasteiger partial charge in [-0.2, -0.15) is 0 Å². The monoisotopic (exact) mass is 370 g/mol. The van der Waals surface area contributed by atoms with Crippen LogP contribution in [0.4, 0.5) is 5.13 Å². The third-order valence-corrected chi connectivity index (χ3v) is 6.41. The summed E-state index contributed by atoms with van der Waals surface area (Å²) in [7, 11) is 0. The summed E-state index contributed by atoms with van der Waals surface area (Å²) >= 11 is 1.48. The third-order valence-electron chi connectivity index (χ3n) is 5.41. The van der Waals surface area contributed by atoms with E-state index in [9.17, 15) is 9.59 Å². The summed E-state index contributed by atoms with van der Waals surface area (Å²) in [5.74, 6) is 0.538. The summed E-state index contributed by atoms with van der Waals surface area (Å²) in [6.07, 6.45) is 3.54. The van der Waals surface area contributed by atoms with Gasteiger partial charge in [0.25, 0.3) is 0 Å². The van der Waals surface area contributed by atoms with Crippen molar-refractivity contribution in [1.82, 2.24) is 15.1 Å². The molecule has 2 aliphatic rings. The van der Waals surface area contributed by atoms with E-state index in [1.54, 1.807) is 6.92 Å². The Kier molecular flexibility index (Phi) is 4.48. The molecule has 1 aromatic heterocycles. The lowest BCUT2D eigenvalue weighted by Gasteiger charge is -2.40. The first-order valence-electron chi connectivity index (χ1n) is 9.04. The molecule has 0 spiro atoms. The number of nitrogens with zero attached hydrogens (tertiary/aromatic N) is 3. The Labute approximate surface area is 156 Å². The van der Waals surface area contributed by atoms with Crippen LogP contribution >= 0.6 is 11.3 Å². The topological polar surface area (TPSA) is 75.2 Å². The van der Waals surface area contributed by atoms with Crippen LogP contribution in [0.25, 0.3) is 0 Å². The van der Waals surface area contributed by atoms with Crippen molar-refractivity contribution in [3.63, 3.8) is 0 Å². The SMILES string of the molecule is CC(=O)N1CCC(C(=O)Nc2nnc(C3CC3)s2)(c2ccccc2)CC1. The summed E-state index contributed by atoms with van der Waals surface area (Å²) < 4.78 is 0. The largest absolute Gasteiger partial charge is 0.343 e. The van der Waals surface area contributed by atoms with Gasteiger partial charge < -0.3 is 4.90 Å². The van der Waals surface area contributed by atoms with E-state index in [0.29, 0.717) is 37.0 Å². The highest BCUT2D eigenvalue weighted by atomic mass is 32.1. The number of carbonyl (C=O) groups excluding carboxylic acids is 2. The maximum absolute atomic E-state index is 13.3. The number of anilines is 1. The molecule has 1 saturated heterocycles. The van der Waals surface area contributed by atoms with E-state index in [1.165, 1.54) is 11.3 Å². The van der Waals surface area contributed by atoms with Crippen molar-refractivity contribution in [3.05, 3.63) is 40.9 Å². The molecule has 0 radical (unpaired) electrons. The van der Waals surface area contributed by atoms with Crippen LogP contribution in [0, 0.1) is 0 Å². The molecule has 0 bridgehead atoms. The minimum absolute atomic E-state index is 0.0506. The maximum Gasteiger partial charge on any atom is 0.236 e. The minimum Gasteiger partial charge on any atom is -0.343 e. The number of carbonyl (C=O) groups is 2. The number of aromatic nitrogens is 2. The van der Waals surface area contributed by atoms with E-state index in [0.717, 1.165) is 23.4 Å². The van der Waals surface area contributed by atoms with Crippen LogP contribution in [0.3, 0.4) is 0 Å². The predicted octanol–water partition coefficient (Wildman–Crippen LogP) is 2.93. The standard InChI is InChI=1S/C19H22N4O2S/c1-13(24)23-11-9-19(10-12-23,15-5-3-2-4-6-15)17(25)20-18-22-21-16(26-18)14-7-8-14/h2-6,14H,7-12H2,1H3,(H,20,22,25). The highest BCUT2D eigenvalue weighted by molar-refractivity contribution is 7.15. The van der Waals surface area contributed by atoms with Gasteiger partial charge in [-0.25, -0.2) is 0 Å². The quantitative estimate of drug-likeness (QED) is 0.898. The van der Waals surface area contributed by atoms with E-state index < -0.39 is 5.41 Å². The molecular formula is C19H22N4O2S. The molecule has 0 unspecified atom stereocenters. The van der Waals surface area contributed by atoms with Crippen molar-refractivity contribution in [3.8, 4) is 0 Å². The molecule has 1 aliphatic heterocycles. The molecule has 0 atom stereocenters. The van der Waals surface area contributed by atoms with Crippen LogP contribution < -0.4 is 5.32 Å². The first-order chi connectivity index (χ1) is 12.6. The number of likely N-dealkylation sites (tertiary alicyclic amines) is 1. The zero-order chi connectivity index (χ0) is 18.1. The summed E-state index contributed by atoms with van der Waals surface area (Å²) in [5, 5.41) is 12.9. The molecule has 1 aliphatic carbocycles. The van der Waals surface area contributed by atoms with Gasteiger partial charge in [-0.05, 0) is 31.2 Å². The lowest BCUT2D eigenvalue weighted by atomic mass is 9.72. The van der Waals surface area contributed by atoms with Gasteiger partial charge in [0.05, 0.1) is 5.41 Å². The van der Waals surface area contributed by atoms with Crippen LogP contribution in [-0.4, -0.2) is 40.0 Å². The van der Waals surface area contributed by atoms with Gasteiger partial charge in [0.1, 0.15) is 5.01 Å². The molecule has 1 saturated carbocycles.